The zero-order chi connectivity index (χ0) is 15.8. The van der Waals surface area contributed by atoms with Gasteiger partial charge in [-0.25, -0.2) is 0 Å². The third kappa shape index (κ3) is 9.15. The van der Waals surface area contributed by atoms with Crippen LogP contribution >= 0.6 is 12.4 Å². The Morgan fingerprint density at radius 3 is 2.19 bits per heavy atom. The van der Waals surface area contributed by atoms with Gasteiger partial charge in [0.1, 0.15) is 0 Å². The van der Waals surface area contributed by atoms with Crippen molar-refractivity contribution in [2.45, 2.75) is 84.7 Å². The van der Waals surface area contributed by atoms with Crippen LogP contribution in [0.4, 0.5) is 0 Å². The van der Waals surface area contributed by atoms with E-state index >= 15 is 0 Å². The van der Waals surface area contributed by atoms with Crippen LogP contribution in [0, 0.1) is 5.92 Å². The highest BCUT2D eigenvalue weighted by atomic mass is 35.5. The molecule has 0 heterocycles. The van der Waals surface area contributed by atoms with Crippen molar-refractivity contribution >= 4 is 18.3 Å². The monoisotopic (exact) mass is 318 g/mol. The Kier molecular flexibility index (Phi) is 12.0. The first-order chi connectivity index (χ1) is 9.23. The van der Waals surface area contributed by atoms with Gasteiger partial charge in [0, 0.05) is 17.2 Å². The molecule has 1 amide bonds. The normalized spacial score (nSPS) is 14.0. The molecular formula is C17H35ClN2O. The average Bonchev–Trinajstić information content (AvgIpc) is 2.34. The molecule has 0 aromatic carbocycles. The van der Waals surface area contributed by atoms with E-state index in [9.17, 15) is 4.79 Å². The van der Waals surface area contributed by atoms with E-state index in [1.54, 1.807) is 6.92 Å². The maximum absolute atomic E-state index is 11.9. The number of rotatable bonds is 10. The SMILES string of the molecule is C=C(C)C(=O)NC(CC)C(CCCCCC)C(C)(C)N.Cl. The first-order valence-corrected chi connectivity index (χ1v) is 7.99. The molecule has 0 aromatic rings. The van der Waals surface area contributed by atoms with Gasteiger partial charge >= 0.3 is 0 Å². The van der Waals surface area contributed by atoms with Crippen LogP contribution < -0.4 is 11.1 Å². The molecule has 0 spiro atoms. The molecule has 2 atom stereocenters. The van der Waals surface area contributed by atoms with E-state index in [1.165, 1.54) is 25.7 Å². The van der Waals surface area contributed by atoms with E-state index in [0.717, 1.165) is 12.8 Å². The van der Waals surface area contributed by atoms with Crippen LogP contribution in [-0.4, -0.2) is 17.5 Å². The molecule has 0 bridgehead atoms. The van der Waals surface area contributed by atoms with Gasteiger partial charge in [-0.2, -0.15) is 0 Å². The van der Waals surface area contributed by atoms with Crippen LogP contribution in [0.3, 0.4) is 0 Å². The number of carbonyl (C=O) groups is 1. The Morgan fingerprint density at radius 1 is 1.24 bits per heavy atom. The van der Waals surface area contributed by atoms with Gasteiger partial charge in [-0.1, -0.05) is 46.1 Å². The smallest absolute Gasteiger partial charge is 0.246 e. The van der Waals surface area contributed by atoms with Crippen LogP contribution in [0.25, 0.3) is 0 Å². The lowest BCUT2D eigenvalue weighted by Gasteiger charge is -2.37. The molecule has 3 N–H and O–H groups in total. The molecule has 0 saturated heterocycles. The summed E-state index contributed by atoms with van der Waals surface area (Å²) in [6.07, 6.45) is 6.90. The summed E-state index contributed by atoms with van der Waals surface area (Å²) < 4.78 is 0. The standard InChI is InChI=1S/C17H34N2O.ClH/c1-7-9-10-11-12-14(17(5,6)18)15(8-2)19-16(20)13(3)4;/h14-15H,3,7-12,18H2,1-2,4-6H3,(H,19,20);1H. The van der Waals surface area contributed by atoms with Gasteiger partial charge in [-0.15, -0.1) is 12.4 Å². The Labute approximate surface area is 137 Å². The third-order valence-electron chi connectivity index (χ3n) is 3.95. The molecular weight excluding hydrogens is 284 g/mol. The van der Waals surface area contributed by atoms with Gasteiger partial charge in [0.15, 0.2) is 0 Å². The van der Waals surface area contributed by atoms with E-state index in [-0.39, 0.29) is 29.9 Å². The molecule has 0 aromatic heterocycles. The molecule has 21 heavy (non-hydrogen) atoms. The van der Waals surface area contributed by atoms with Crippen LogP contribution in [0.2, 0.25) is 0 Å². The van der Waals surface area contributed by atoms with Gasteiger partial charge in [0.05, 0.1) is 0 Å². The topological polar surface area (TPSA) is 55.1 Å². The quantitative estimate of drug-likeness (QED) is 0.468. The van der Waals surface area contributed by atoms with Crippen molar-refractivity contribution in [1.82, 2.24) is 5.32 Å². The maximum atomic E-state index is 11.9. The molecule has 0 fully saturated rings. The summed E-state index contributed by atoms with van der Waals surface area (Å²) in [5.41, 5.74) is 6.62. The summed E-state index contributed by atoms with van der Waals surface area (Å²) in [5, 5.41) is 3.10. The number of unbranched alkanes of at least 4 members (excludes halogenated alkanes) is 3. The molecule has 0 saturated carbocycles. The van der Waals surface area contributed by atoms with Crippen molar-refractivity contribution in [2.75, 3.05) is 0 Å². The van der Waals surface area contributed by atoms with Crippen molar-refractivity contribution in [3.05, 3.63) is 12.2 Å². The summed E-state index contributed by atoms with van der Waals surface area (Å²) in [6, 6.07) is 0.126. The Morgan fingerprint density at radius 2 is 1.81 bits per heavy atom. The molecule has 126 valence electrons. The van der Waals surface area contributed by atoms with Gasteiger partial charge < -0.3 is 11.1 Å². The Bertz CT molecular complexity index is 310. The predicted octanol–water partition coefficient (Wildman–Crippen LogP) is 4.20. The number of amides is 1. The lowest BCUT2D eigenvalue weighted by Crippen LogP contribution is -2.52. The molecule has 0 aliphatic heterocycles. The Hall–Kier alpha value is -0.540. The largest absolute Gasteiger partial charge is 0.349 e. The molecule has 0 radical (unpaired) electrons. The van der Waals surface area contributed by atoms with Crippen molar-refractivity contribution < 1.29 is 4.79 Å². The van der Waals surface area contributed by atoms with E-state index < -0.39 is 0 Å². The maximum Gasteiger partial charge on any atom is 0.246 e. The highest BCUT2D eigenvalue weighted by Crippen LogP contribution is 2.26. The summed E-state index contributed by atoms with van der Waals surface area (Å²) in [6.45, 7) is 13.9. The summed E-state index contributed by atoms with van der Waals surface area (Å²) >= 11 is 0. The van der Waals surface area contributed by atoms with E-state index in [1.807, 2.05) is 0 Å². The van der Waals surface area contributed by atoms with E-state index in [2.05, 4.69) is 39.6 Å². The second-order valence-electron chi connectivity index (χ2n) is 6.55. The number of hydrogen-bond acceptors (Lipinski definition) is 2. The van der Waals surface area contributed by atoms with Gasteiger partial charge in [0.25, 0.3) is 0 Å². The van der Waals surface area contributed by atoms with Gasteiger partial charge in [-0.05, 0) is 39.5 Å². The lowest BCUT2D eigenvalue weighted by molar-refractivity contribution is -0.118. The van der Waals surface area contributed by atoms with Gasteiger partial charge in [-0.3, -0.25) is 4.79 Å². The zero-order valence-electron chi connectivity index (χ0n) is 14.5. The molecule has 0 rings (SSSR count). The van der Waals surface area contributed by atoms with Crippen molar-refractivity contribution in [3.63, 3.8) is 0 Å². The molecule has 0 aliphatic rings. The fourth-order valence-corrected chi connectivity index (χ4v) is 2.66. The number of nitrogens with two attached hydrogens (primary N) is 1. The average molecular weight is 319 g/mol. The number of halogens is 1. The Balaban J connectivity index is 0. The first-order valence-electron chi connectivity index (χ1n) is 7.99. The molecule has 3 nitrogen and oxygen atoms in total. The second-order valence-corrected chi connectivity index (χ2v) is 6.55. The highest BCUT2D eigenvalue weighted by Gasteiger charge is 2.32. The third-order valence-corrected chi connectivity index (χ3v) is 3.95. The fourth-order valence-electron chi connectivity index (χ4n) is 2.66. The van der Waals surface area contributed by atoms with Gasteiger partial charge in [0.2, 0.25) is 5.91 Å². The minimum absolute atomic E-state index is 0. The fraction of sp³-hybridized carbons (Fsp3) is 0.824. The van der Waals surface area contributed by atoms with Crippen LogP contribution in [0.1, 0.15) is 73.1 Å². The first kappa shape index (κ1) is 22.7. The predicted molar refractivity (Wildman–Crippen MR) is 94.8 cm³/mol. The highest BCUT2D eigenvalue weighted by molar-refractivity contribution is 5.92. The molecule has 4 heteroatoms. The van der Waals surface area contributed by atoms with Crippen molar-refractivity contribution in [3.8, 4) is 0 Å². The lowest BCUT2D eigenvalue weighted by atomic mass is 9.78. The van der Waals surface area contributed by atoms with Crippen molar-refractivity contribution in [2.24, 2.45) is 11.7 Å². The van der Waals surface area contributed by atoms with Crippen LogP contribution in [-0.2, 0) is 4.79 Å². The molecule has 2 unspecified atom stereocenters. The summed E-state index contributed by atoms with van der Waals surface area (Å²) in [4.78, 5) is 11.9. The minimum Gasteiger partial charge on any atom is -0.349 e. The zero-order valence-corrected chi connectivity index (χ0v) is 15.3. The van der Waals surface area contributed by atoms with E-state index in [4.69, 9.17) is 5.73 Å². The second kappa shape index (κ2) is 11.1. The van der Waals surface area contributed by atoms with Crippen molar-refractivity contribution in [1.29, 1.82) is 0 Å². The summed E-state index contributed by atoms with van der Waals surface area (Å²) in [5.74, 6) is 0.243. The summed E-state index contributed by atoms with van der Waals surface area (Å²) in [7, 11) is 0. The number of carbonyl (C=O) groups excluding carboxylic acids is 1. The minimum atomic E-state index is -0.282. The number of nitrogens with one attached hydrogen (secondary N) is 1. The van der Waals surface area contributed by atoms with E-state index in [0.29, 0.717) is 11.5 Å². The van der Waals surface area contributed by atoms with Crippen LogP contribution in [0.15, 0.2) is 12.2 Å². The molecule has 0 aliphatic carbocycles. The number of hydrogen-bond donors (Lipinski definition) is 2. The van der Waals surface area contributed by atoms with Crippen LogP contribution in [0.5, 0.6) is 0 Å².